The highest BCUT2D eigenvalue weighted by atomic mass is 35.5. The molecule has 0 aliphatic heterocycles. The molecule has 0 unspecified atom stereocenters. The first kappa shape index (κ1) is 16.0. The highest BCUT2D eigenvalue weighted by Crippen LogP contribution is 2.07. The Morgan fingerprint density at radius 2 is 2.12 bits per heavy atom. The summed E-state index contributed by atoms with van der Waals surface area (Å²) in [4.78, 5) is 4.20. The van der Waals surface area contributed by atoms with Crippen molar-refractivity contribution in [3.8, 4) is 0 Å². The van der Waals surface area contributed by atoms with E-state index in [-0.39, 0.29) is 16.1 Å². The maximum Gasteiger partial charge on any atom is 0.275 e. The summed E-state index contributed by atoms with van der Waals surface area (Å²) in [6.45, 7) is 6.31. The van der Waals surface area contributed by atoms with Gasteiger partial charge >= 0.3 is 0 Å². The third kappa shape index (κ3) is 7.82. The van der Waals surface area contributed by atoms with Gasteiger partial charge in [0.25, 0.3) is 5.84 Å². The molecule has 0 bridgehead atoms. The van der Waals surface area contributed by atoms with E-state index < -0.39 is 0 Å². The number of rotatable bonds is 8. The highest BCUT2D eigenvalue weighted by molar-refractivity contribution is 6.36. The number of halogens is 2. The van der Waals surface area contributed by atoms with Crippen LogP contribution in [0.15, 0.2) is 27.5 Å². The fourth-order valence-electron chi connectivity index (χ4n) is 1.05. The van der Waals surface area contributed by atoms with Gasteiger partial charge in [-0.3, -0.25) is 16.1 Å². The molecular weight excluding hydrogens is 259 g/mol. The Bertz CT molecular complexity index is 334. The topological polar surface area (TPSA) is 76.0 Å². The van der Waals surface area contributed by atoms with E-state index in [1.165, 1.54) is 0 Å². The second-order valence-electron chi connectivity index (χ2n) is 3.46. The summed E-state index contributed by atoms with van der Waals surface area (Å²) in [5.74, 6) is 0.0830. The number of hydrogen-bond donors (Lipinski definition) is 3. The Morgan fingerprint density at radius 3 is 2.59 bits per heavy atom. The van der Waals surface area contributed by atoms with Crippen LogP contribution >= 0.6 is 23.2 Å². The van der Waals surface area contributed by atoms with Crippen molar-refractivity contribution in [1.29, 1.82) is 0 Å². The molecule has 0 saturated heterocycles. The largest absolute Gasteiger partial charge is 0.336 e. The third-order valence-electron chi connectivity index (χ3n) is 1.90. The first-order valence-electron chi connectivity index (χ1n) is 5.38. The summed E-state index contributed by atoms with van der Waals surface area (Å²) in [5.41, 5.74) is 5.92. The van der Waals surface area contributed by atoms with Crippen LogP contribution in [-0.4, -0.2) is 18.6 Å². The van der Waals surface area contributed by atoms with Crippen LogP contribution in [0.5, 0.6) is 0 Å². The lowest BCUT2D eigenvalue weighted by Crippen LogP contribution is -2.47. The van der Waals surface area contributed by atoms with E-state index >= 15 is 0 Å². The van der Waals surface area contributed by atoms with Crippen LogP contribution in [0.3, 0.4) is 0 Å². The lowest BCUT2D eigenvalue weighted by molar-refractivity contribution is -0.114. The van der Waals surface area contributed by atoms with Gasteiger partial charge in [-0.25, -0.2) is 0 Å². The number of aliphatic imine (C=N–C) groups is 1. The molecular formula is C11H19Cl2N4+. The van der Waals surface area contributed by atoms with Gasteiger partial charge in [0.05, 0.1) is 5.16 Å². The van der Waals surface area contributed by atoms with Crippen LogP contribution in [-0.2, 0) is 0 Å². The molecule has 0 radical (unpaired) electrons. The molecule has 0 amide bonds. The second-order valence-corrected chi connectivity index (χ2v) is 4.29. The zero-order chi connectivity index (χ0) is 13.3. The summed E-state index contributed by atoms with van der Waals surface area (Å²) >= 11 is 11.5. The summed E-state index contributed by atoms with van der Waals surface area (Å²) < 4.78 is 0. The smallest absolute Gasteiger partial charge is 0.275 e. The van der Waals surface area contributed by atoms with Crippen molar-refractivity contribution < 1.29 is 5.41 Å². The van der Waals surface area contributed by atoms with E-state index in [4.69, 9.17) is 34.3 Å². The molecule has 0 atom stereocenters. The van der Waals surface area contributed by atoms with Crippen molar-refractivity contribution in [3.63, 3.8) is 0 Å². The van der Waals surface area contributed by atoms with Crippen LogP contribution in [0, 0.1) is 0 Å². The Hall–Kier alpha value is -1.00. The minimum Gasteiger partial charge on any atom is -0.336 e. The molecule has 96 valence electrons. The summed E-state index contributed by atoms with van der Waals surface area (Å²) in [5, 5.41) is 8.52. The SMILES string of the molecule is C=C(Cl)NC(Cl)=C(C=NCCCCC)C(N)=[NH2+]. The van der Waals surface area contributed by atoms with Crippen molar-refractivity contribution in [3.05, 3.63) is 22.5 Å². The second kappa shape index (κ2) is 9.07. The highest BCUT2D eigenvalue weighted by Gasteiger charge is 2.10. The normalized spacial score (nSPS) is 12.4. The molecule has 6 heteroatoms. The summed E-state index contributed by atoms with van der Waals surface area (Å²) in [7, 11) is 0. The van der Waals surface area contributed by atoms with Gasteiger partial charge in [0.1, 0.15) is 10.7 Å². The molecule has 0 rings (SSSR count). The lowest BCUT2D eigenvalue weighted by Gasteiger charge is -2.03. The van der Waals surface area contributed by atoms with Gasteiger partial charge < -0.3 is 5.32 Å². The Labute approximate surface area is 112 Å². The average Bonchev–Trinajstić information content (AvgIpc) is 2.21. The van der Waals surface area contributed by atoms with Gasteiger partial charge in [-0.15, -0.1) is 0 Å². The van der Waals surface area contributed by atoms with Gasteiger partial charge in [0.2, 0.25) is 0 Å². The molecule has 0 aromatic carbocycles. The lowest BCUT2D eigenvalue weighted by atomic mass is 10.2. The molecule has 0 aromatic rings. The molecule has 0 saturated carbocycles. The number of unbranched alkanes of at least 4 members (excludes halogenated alkanes) is 2. The molecule has 0 aliphatic carbocycles. The molecule has 0 aromatic heterocycles. The predicted molar refractivity (Wildman–Crippen MR) is 75.0 cm³/mol. The van der Waals surface area contributed by atoms with Crippen molar-refractivity contribution in [1.82, 2.24) is 5.32 Å². The predicted octanol–water partition coefficient (Wildman–Crippen LogP) is 1.11. The van der Waals surface area contributed by atoms with Crippen molar-refractivity contribution in [2.45, 2.75) is 26.2 Å². The van der Waals surface area contributed by atoms with Gasteiger partial charge in [-0.1, -0.05) is 49.5 Å². The fraction of sp³-hybridized carbons (Fsp3) is 0.455. The van der Waals surface area contributed by atoms with Crippen LogP contribution in [0.1, 0.15) is 26.2 Å². The molecule has 17 heavy (non-hydrogen) atoms. The van der Waals surface area contributed by atoms with Crippen LogP contribution in [0.2, 0.25) is 0 Å². The first-order valence-corrected chi connectivity index (χ1v) is 6.14. The standard InChI is InChI=1S/C11H18Cl2N4/c1-3-4-5-6-16-7-9(11(14)15)10(13)17-8(2)12/h7,17H,2-6H2,1H3,(H3,14,15)/p+1. The molecule has 0 fully saturated rings. The average molecular weight is 278 g/mol. The summed E-state index contributed by atoms with van der Waals surface area (Å²) in [6.07, 6.45) is 4.86. The molecule has 4 nitrogen and oxygen atoms in total. The van der Waals surface area contributed by atoms with E-state index in [1.54, 1.807) is 6.21 Å². The zero-order valence-electron chi connectivity index (χ0n) is 9.97. The fourth-order valence-corrected chi connectivity index (χ4v) is 1.47. The third-order valence-corrected chi connectivity index (χ3v) is 2.30. The van der Waals surface area contributed by atoms with Crippen LogP contribution in [0.4, 0.5) is 0 Å². The van der Waals surface area contributed by atoms with E-state index in [1.807, 2.05) is 0 Å². The van der Waals surface area contributed by atoms with E-state index in [0.717, 1.165) is 25.8 Å². The molecule has 5 N–H and O–H groups in total. The van der Waals surface area contributed by atoms with Crippen molar-refractivity contribution in [2.24, 2.45) is 10.7 Å². The van der Waals surface area contributed by atoms with Crippen LogP contribution < -0.4 is 16.5 Å². The quantitative estimate of drug-likeness (QED) is 0.269. The number of nitrogens with two attached hydrogens (primary N) is 2. The molecule has 0 aliphatic rings. The minimum absolute atomic E-state index is 0.0830. The maximum absolute atomic E-state index is 5.93. The number of hydrogen-bond acceptors (Lipinski definition) is 2. The molecule has 0 spiro atoms. The summed E-state index contributed by atoms with van der Waals surface area (Å²) in [6, 6.07) is 0. The Kier molecular flexibility index (Phi) is 8.54. The van der Waals surface area contributed by atoms with Gasteiger partial charge in [-0.2, -0.15) is 0 Å². The van der Waals surface area contributed by atoms with Gasteiger partial charge in [-0.05, 0) is 6.42 Å². The van der Waals surface area contributed by atoms with Crippen LogP contribution in [0.25, 0.3) is 0 Å². The number of amidine groups is 1. The monoisotopic (exact) mass is 277 g/mol. The van der Waals surface area contributed by atoms with Crippen molar-refractivity contribution >= 4 is 35.3 Å². The van der Waals surface area contributed by atoms with Crippen molar-refractivity contribution in [2.75, 3.05) is 6.54 Å². The van der Waals surface area contributed by atoms with E-state index in [2.05, 4.69) is 23.8 Å². The number of nitrogens with zero attached hydrogens (tertiary/aromatic N) is 1. The van der Waals surface area contributed by atoms with E-state index in [9.17, 15) is 0 Å². The van der Waals surface area contributed by atoms with Gasteiger partial charge in [0, 0.05) is 12.8 Å². The zero-order valence-corrected chi connectivity index (χ0v) is 11.5. The van der Waals surface area contributed by atoms with Gasteiger partial charge in [0.15, 0.2) is 0 Å². The Balaban J connectivity index is 4.53. The van der Waals surface area contributed by atoms with E-state index in [0.29, 0.717) is 5.57 Å². The maximum atomic E-state index is 5.93. The molecule has 0 heterocycles. The first-order chi connectivity index (χ1) is 7.99. The Morgan fingerprint density at radius 1 is 1.47 bits per heavy atom. The minimum atomic E-state index is 0.0830. The number of nitrogens with one attached hydrogen (secondary N) is 1.